The minimum Gasteiger partial charge on any atom is -0.273 e. The average Bonchev–Trinajstić information content (AvgIpc) is 2.77. The molecule has 0 radical (unpaired) electrons. The van der Waals surface area contributed by atoms with E-state index in [-0.39, 0.29) is 5.91 Å². The topological polar surface area (TPSA) is 59.8 Å². The van der Waals surface area contributed by atoms with Crippen LogP contribution in [0.2, 0.25) is 0 Å². The number of hydrogen-bond acceptors (Lipinski definition) is 4. The maximum absolute atomic E-state index is 11.5. The third kappa shape index (κ3) is 2.87. The van der Waals surface area contributed by atoms with Crippen molar-refractivity contribution in [3.8, 4) is 0 Å². The minimum absolute atomic E-state index is 0.0934. The summed E-state index contributed by atoms with van der Waals surface area (Å²) in [5.41, 5.74) is 2.62. The van der Waals surface area contributed by atoms with E-state index in [0.717, 1.165) is 8.66 Å². The van der Waals surface area contributed by atoms with Crippen molar-refractivity contribution in [2.24, 2.45) is 0 Å². The van der Waals surface area contributed by atoms with Crippen molar-refractivity contribution >= 4 is 33.2 Å². The SMILES string of the molecule is O=C(Cc1ccc(Br)s1)Nn1cnnc1. The Morgan fingerprint density at radius 1 is 1.47 bits per heavy atom. The number of rotatable bonds is 3. The van der Waals surface area contributed by atoms with Crippen LogP contribution in [0.25, 0.3) is 0 Å². The van der Waals surface area contributed by atoms with Gasteiger partial charge in [0.1, 0.15) is 12.7 Å². The van der Waals surface area contributed by atoms with Crippen LogP contribution in [0.4, 0.5) is 0 Å². The molecule has 0 spiro atoms. The summed E-state index contributed by atoms with van der Waals surface area (Å²) in [6.45, 7) is 0. The van der Waals surface area contributed by atoms with Crippen LogP contribution in [-0.4, -0.2) is 20.8 Å². The molecule has 0 unspecified atom stereocenters. The van der Waals surface area contributed by atoms with Crippen LogP contribution >= 0.6 is 27.3 Å². The Bertz CT molecular complexity index is 453. The number of aromatic nitrogens is 3. The van der Waals surface area contributed by atoms with Gasteiger partial charge in [-0.25, -0.2) is 4.68 Å². The first-order valence-corrected chi connectivity index (χ1v) is 5.74. The predicted octanol–water partition coefficient (Wildman–Crippen LogP) is 1.41. The van der Waals surface area contributed by atoms with Gasteiger partial charge in [-0.05, 0) is 28.1 Å². The van der Waals surface area contributed by atoms with Crippen LogP contribution in [0, 0.1) is 0 Å². The van der Waals surface area contributed by atoms with Crippen molar-refractivity contribution in [2.45, 2.75) is 6.42 Å². The van der Waals surface area contributed by atoms with E-state index in [2.05, 4.69) is 31.6 Å². The molecule has 0 aliphatic rings. The number of amides is 1. The maximum Gasteiger partial charge on any atom is 0.244 e. The molecule has 0 aliphatic carbocycles. The highest BCUT2D eigenvalue weighted by atomic mass is 79.9. The van der Waals surface area contributed by atoms with Gasteiger partial charge in [-0.15, -0.1) is 21.5 Å². The highest BCUT2D eigenvalue weighted by molar-refractivity contribution is 9.11. The first-order chi connectivity index (χ1) is 7.24. The molecule has 2 heterocycles. The first kappa shape index (κ1) is 10.3. The molecule has 1 N–H and O–H groups in total. The standard InChI is InChI=1S/C8H7BrN4OS/c9-7-2-1-6(15-7)3-8(14)12-13-4-10-11-5-13/h1-2,4-5H,3H2,(H,12,14). The quantitative estimate of drug-likeness (QED) is 0.928. The second-order valence-electron chi connectivity index (χ2n) is 2.79. The zero-order valence-corrected chi connectivity index (χ0v) is 9.96. The highest BCUT2D eigenvalue weighted by Crippen LogP contribution is 2.22. The van der Waals surface area contributed by atoms with E-state index in [1.165, 1.54) is 17.3 Å². The molecule has 0 fully saturated rings. The third-order valence-corrected chi connectivity index (χ3v) is 3.26. The van der Waals surface area contributed by atoms with Crippen LogP contribution in [0.1, 0.15) is 4.88 Å². The molecule has 15 heavy (non-hydrogen) atoms. The van der Waals surface area contributed by atoms with Gasteiger partial charge in [0.15, 0.2) is 0 Å². The van der Waals surface area contributed by atoms with Crippen molar-refractivity contribution in [3.63, 3.8) is 0 Å². The maximum atomic E-state index is 11.5. The van der Waals surface area contributed by atoms with Crippen LogP contribution in [0.3, 0.4) is 0 Å². The molecule has 2 aromatic heterocycles. The van der Waals surface area contributed by atoms with Crippen LogP contribution < -0.4 is 5.43 Å². The lowest BCUT2D eigenvalue weighted by Crippen LogP contribution is -2.22. The Morgan fingerprint density at radius 2 is 2.20 bits per heavy atom. The molecule has 0 atom stereocenters. The molecule has 5 nitrogen and oxygen atoms in total. The van der Waals surface area contributed by atoms with Gasteiger partial charge in [-0.3, -0.25) is 10.2 Å². The Balaban J connectivity index is 1.93. The van der Waals surface area contributed by atoms with Crippen LogP contribution in [0.15, 0.2) is 28.6 Å². The number of nitrogens with one attached hydrogen (secondary N) is 1. The van der Waals surface area contributed by atoms with Crippen molar-refractivity contribution in [2.75, 3.05) is 5.43 Å². The molecular formula is C8H7BrN4OS. The van der Waals surface area contributed by atoms with E-state index in [1.807, 2.05) is 12.1 Å². The number of carbonyl (C=O) groups excluding carboxylic acids is 1. The smallest absolute Gasteiger partial charge is 0.244 e. The van der Waals surface area contributed by atoms with E-state index in [4.69, 9.17) is 0 Å². The van der Waals surface area contributed by atoms with Gasteiger partial charge in [-0.2, -0.15) is 0 Å². The molecular weight excluding hydrogens is 280 g/mol. The lowest BCUT2D eigenvalue weighted by Gasteiger charge is -2.02. The van der Waals surface area contributed by atoms with Crippen LogP contribution in [-0.2, 0) is 11.2 Å². The number of halogens is 1. The summed E-state index contributed by atoms with van der Waals surface area (Å²) >= 11 is 4.89. The fraction of sp³-hybridized carbons (Fsp3) is 0.125. The summed E-state index contributed by atoms with van der Waals surface area (Å²) in [6.07, 6.45) is 3.22. The van der Waals surface area contributed by atoms with Gasteiger partial charge in [0.25, 0.3) is 0 Å². The van der Waals surface area contributed by atoms with Crippen molar-refractivity contribution in [3.05, 3.63) is 33.5 Å². The summed E-state index contributed by atoms with van der Waals surface area (Å²) in [4.78, 5) is 12.5. The Labute approximate surface area is 98.2 Å². The molecule has 0 saturated heterocycles. The largest absolute Gasteiger partial charge is 0.273 e. The van der Waals surface area contributed by atoms with Crippen molar-refractivity contribution in [1.82, 2.24) is 14.9 Å². The lowest BCUT2D eigenvalue weighted by molar-refractivity contribution is -0.116. The molecule has 0 bridgehead atoms. The molecule has 2 aromatic rings. The number of carbonyl (C=O) groups is 1. The summed E-state index contributed by atoms with van der Waals surface area (Å²) in [7, 11) is 0. The monoisotopic (exact) mass is 286 g/mol. The van der Waals surface area contributed by atoms with Gasteiger partial charge < -0.3 is 0 Å². The molecule has 0 aliphatic heterocycles. The zero-order valence-electron chi connectivity index (χ0n) is 7.55. The first-order valence-electron chi connectivity index (χ1n) is 4.13. The Morgan fingerprint density at radius 3 is 2.80 bits per heavy atom. The summed E-state index contributed by atoms with van der Waals surface area (Å²) < 4.78 is 2.44. The summed E-state index contributed by atoms with van der Waals surface area (Å²) in [5, 5.41) is 7.16. The van der Waals surface area contributed by atoms with Crippen molar-refractivity contribution < 1.29 is 4.79 Å². The highest BCUT2D eigenvalue weighted by Gasteiger charge is 2.05. The van der Waals surface area contributed by atoms with E-state index in [1.54, 1.807) is 11.3 Å². The Kier molecular flexibility index (Phi) is 3.12. The number of hydrogen-bond donors (Lipinski definition) is 1. The normalized spacial score (nSPS) is 10.2. The van der Waals surface area contributed by atoms with E-state index < -0.39 is 0 Å². The van der Waals surface area contributed by atoms with Crippen molar-refractivity contribution in [1.29, 1.82) is 0 Å². The van der Waals surface area contributed by atoms with Gasteiger partial charge in [0.2, 0.25) is 5.91 Å². The molecule has 1 amide bonds. The van der Waals surface area contributed by atoms with Crippen LogP contribution in [0.5, 0.6) is 0 Å². The second kappa shape index (κ2) is 4.54. The van der Waals surface area contributed by atoms with E-state index in [9.17, 15) is 4.79 Å². The molecule has 2 rings (SSSR count). The van der Waals surface area contributed by atoms with E-state index >= 15 is 0 Å². The Hall–Kier alpha value is -1.21. The lowest BCUT2D eigenvalue weighted by atomic mass is 10.3. The number of nitrogens with zero attached hydrogens (tertiary/aromatic N) is 3. The molecule has 7 heteroatoms. The summed E-state index contributed by atoms with van der Waals surface area (Å²) in [5.74, 6) is -0.0934. The third-order valence-electron chi connectivity index (χ3n) is 1.64. The number of thiophene rings is 1. The van der Waals surface area contributed by atoms with Gasteiger partial charge in [0, 0.05) is 4.88 Å². The molecule has 78 valence electrons. The molecule has 0 aromatic carbocycles. The summed E-state index contributed by atoms with van der Waals surface area (Å²) in [6, 6.07) is 3.84. The minimum atomic E-state index is -0.0934. The second-order valence-corrected chi connectivity index (χ2v) is 5.33. The predicted molar refractivity (Wildman–Crippen MR) is 60.1 cm³/mol. The zero-order chi connectivity index (χ0) is 10.7. The van der Waals surface area contributed by atoms with Gasteiger partial charge in [-0.1, -0.05) is 0 Å². The fourth-order valence-electron chi connectivity index (χ4n) is 1.05. The fourth-order valence-corrected chi connectivity index (χ4v) is 2.53. The van der Waals surface area contributed by atoms with E-state index in [0.29, 0.717) is 6.42 Å². The molecule has 0 saturated carbocycles. The van der Waals surface area contributed by atoms with Gasteiger partial charge >= 0.3 is 0 Å². The average molecular weight is 287 g/mol. The van der Waals surface area contributed by atoms with Gasteiger partial charge in [0.05, 0.1) is 10.2 Å².